The number of aryl methyl sites for hydroxylation is 2. The summed E-state index contributed by atoms with van der Waals surface area (Å²) in [7, 11) is -5.20. The molecule has 2 aromatic heterocycles. The van der Waals surface area contributed by atoms with E-state index < -0.39 is 67.8 Å². The van der Waals surface area contributed by atoms with Crippen molar-refractivity contribution in [3.05, 3.63) is 118 Å². The Balaban J connectivity index is 0.974. The fraction of sp³-hybridized carbons (Fsp3) is 0.443. The minimum absolute atomic E-state index is 0.0372. The molecule has 0 spiro atoms. The number of H-pyrrole nitrogens is 2. The van der Waals surface area contributed by atoms with Gasteiger partial charge in [-0.1, -0.05) is 36.4 Å². The number of fused-ring (bicyclic) bond motifs is 2. The number of aromatic nitrogens is 2. The lowest BCUT2D eigenvalue weighted by Gasteiger charge is -2.21. The Labute approximate surface area is 515 Å². The van der Waals surface area contributed by atoms with Crippen molar-refractivity contribution < 1.29 is 45.5 Å². The summed E-state index contributed by atoms with van der Waals surface area (Å²) in [6.45, 7) is 12.0. The third-order valence-corrected chi connectivity index (χ3v) is 18.6. The Morgan fingerprint density at radius 3 is 1.34 bits per heavy atom. The molecule has 88 heavy (non-hydrogen) atoms. The summed E-state index contributed by atoms with van der Waals surface area (Å²) < 4.78 is 69.3. The summed E-state index contributed by atoms with van der Waals surface area (Å²) in [5.74, 6) is -1.45. The van der Waals surface area contributed by atoms with Crippen LogP contribution in [0.4, 0.5) is 0 Å². The van der Waals surface area contributed by atoms with Crippen LogP contribution < -0.4 is 68.4 Å². The van der Waals surface area contributed by atoms with E-state index in [4.69, 9.17) is 32.4 Å². The zero-order valence-corrected chi connectivity index (χ0v) is 53.1. The number of nitrogens with two attached hydrogens (primary N) is 4. The number of carbonyl (C=O) groups excluding carboxylic acids is 4. The fourth-order valence-corrected chi connectivity index (χ4v) is 13.4. The smallest absolute Gasteiger partial charge is 0.264 e. The van der Waals surface area contributed by atoms with E-state index in [1.54, 1.807) is 66.1 Å². The maximum Gasteiger partial charge on any atom is 0.264 e. The highest BCUT2D eigenvalue weighted by Crippen LogP contribution is 2.32. The lowest BCUT2D eigenvalue weighted by Crippen LogP contribution is -2.52. The monoisotopic (exact) mass is 1250 g/mol. The molecule has 6 aromatic rings. The molecule has 0 unspecified atom stereocenters. The minimum atomic E-state index is -4.11. The first kappa shape index (κ1) is 68.9. The third kappa shape index (κ3) is 18.6. The highest BCUT2D eigenvalue weighted by molar-refractivity contribution is 7.90. The molecular formula is C61H87N15O10S2. The summed E-state index contributed by atoms with van der Waals surface area (Å²) in [6, 6.07) is 14.7. The van der Waals surface area contributed by atoms with Gasteiger partial charge in [0.05, 0.1) is 36.1 Å². The van der Waals surface area contributed by atoms with E-state index in [1.807, 2.05) is 48.5 Å². The number of nitrogens with zero attached hydrogens (tertiary/aromatic N) is 2. The molecule has 25 nitrogen and oxygen atoms in total. The van der Waals surface area contributed by atoms with Gasteiger partial charge in [-0.3, -0.25) is 29.2 Å². The van der Waals surface area contributed by atoms with E-state index in [0.29, 0.717) is 83.8 Å². The van der Waals surface area contributed by atoms with Crippen molar-refractivity contribution in [3.8, 4) is 11.5 Å². The molecule has 0 aliphatic rings. The SMILES string of the molecule is COc1cc(C)c(S(=O)(=O)NC(N)=NCCC[C@@H](NC(=O)[C@H](N)Cc2c[nH]c3ccccc23)C(=O)NCCCCNCCCNC(=O)[C@@H](CCCN=C(N)NS(=O)(=O)c2c(C)cc(OC)c(C)c2C)NC(=O)[C@H](N)Cc2c[nH]c3ccccc23)c(C)c1C. The second kappa shape index (κ2) is 32.1. The molecule has 0 saturated carbocycles. The molecule has 0 aliphatic heterocycles. The van der Waals surface area contributed by atoms with Crippen molar-refractivity contribution in [2.24, 2.45) is 32.9 Å². The fourth-order valence-electron chi connectivity index (χ4n) is 10.5. The number of carbonyl (C=O) groups is 4. The second-order valence-electron chi connectivity index (χ2n) is 21.8. The number of rotatable bonds is 33. The first-order chi connectivity index (χ1) is 41.9. The van der Waals surface area contributed by atoms with Gasteiger partial charge in [0.2, 0.25) is 35.5 Å². The molecule has 27 heteroatoms. The van der Waals surface area contributed by atoms with Gasteiger partial charge in [0.25, 0.3) is 20.0 Å². The number of benzene rings is 4. The van der Waals surface area contributed by atoms with Crippen molar-refractivity contribution in [3.63, 3.8) is 0 Å². The Kier molecular flexibility index (Phi) is 25.1. The average Bonchev–Trinajstić information content (AvgIpc) is 1.97. The van der Waals surface area contributed by atoms with Crippen LogP contribution in [0, 0.1) is 41.5 Å². The standard InChI is InChI=1S/C61H87N15O10S2/c1-36-30-52(85-7)38(3)40(5)54(36)87(81,82)75-60(64)69-27-15-22-50(73-56(77)46(62)32-42-34-71-48-20-11-9-18-44(42)48)58(79)67-26-14-13-24-66-25-17-29-68-59(80)51(74-57(78)47(63)33-43-35-72-49-21-12-10-19-45(43)49)23-16-28-70-61(65)76-88(83,84)55-37(2)31-53(86-8)39(4)41(55)6/h9-12,18-21,30-31,34-35,46-47,50-51,66,71-72H,13-17,22-29,32-33,62-63H2,1-8H3,(H,67,79)(H,68,80)(H,73,77)(H,74,78)(H3,64,69,75)(H3,65,70,76)/t46-,47-,50-,51-/m1/s1. The predicted molar refractivity (Wildman–Crippen MR) is 343 cm³/mol. The number of guanidine groups is 2. The van der Waals surface area contributed by atoms with Crippen LogP contribution in [-0.4, -0.2) is 140 Å². The summed E-state index contributed by atoms with van der Waals surface area (Å²) in [6.07, 6.45) is 6.65. The van der Waals surface area contributed by atoms with Gasteiger partial charge in [-0.15, -0.1) is 0 Å². The van der Waals surface area contributed by atoms with Crippen LogP contribution in [0.1, 0.15) is 89.5 Å². The van der Waals surface area contributed by atoms with Crippen molar-refractivity contribution in [2.75, 3.05) is 53.5 Å². The summed E-state index contributed by atoms with van der Waals surface area (Å²) in [5.41, 5.74) is 31.8. The van der Waals surface area contributed by atoms with Crippen molar-refractivity contribution >= 4 is 77.4 Å². The quantitative estimate of drug-likeness (QED) is 0.0160. The summed E-state index contributed by atoms with van der Waals surface area (Å²) in [4.78, 5) is 69.4. The van der Waals surface area contributed by atoms with Crippen molar-refractivity contribution in [2.45, 2.75) is 133 Å². The van der Waals surface area contributed by atoms with Crippen LogP contribution in [0.15, 0.2) is 92.8 Å². The molecule has 0 saturated heterocycles. The number of methoxy groups -OCH3 is 2. The Hall–Kier alpha value is -8.24. The van der Waals surface area contributed by atoms with E-state index in [9.17, 15) is 36.0 Å². The van der Waals surface area contributed by atoms with Gasteiger partial charge in [0.1, 0.15) is 23.6 Å². The topological polar surface area (TPSA) is 400 Å². The molecule has 0 radical (unpaired) electrons. The van der Waals surface area contributed by atoms with Crippen LogP contribution in [0.2, 0.25) is 0 Å². The first-order valence-electron chi connectivity index (χ1n) is 29.3. The second-order valence-corrected chi connectivity index (χ2v) is 25.1. The van der Waals surface area contributed by atoms with E-state index >= 15 is 0 Å². The molecule has 0 aliphatic carbocycles. The molecule has 2 heterocycles. The maximum atomic E-state index is 13.7. The number of hydrogen-bond donors (Lipinski definition) is 13. The number of hydrogen-bond acceptors (Lipinski definition) is 15. The van der Waals surface area contributed by atoms with Crippen LogP contribution in [-0.2, 0) is 52.1 Å². The Morgan fingerprint density at radius 1 is 0.534 bits per heavy atom. The molecule has 4 amide bonds. The average molecular weight is 1250 g/mol. The van der Waals surface area contributed by atoms with E-state index in [2.05, 4.69) is 56.0 Å². The number of para-hydroxylation sites is 2. The van der Waals surface area contributed by atoms with Gasteiger partial charge >= 0.3 is 0 Å². The van der Waals surface area contributed by atoms with E-state index in [-0.39, 0.29) is 79.9 Å². The van der Waals surface area contributed by atoms with Gasteiger partial charge < -0.3 is 69.0 Å². The van der Waals surface area contributed by atoms with Crippen molar-refractivity contribution in [1.29, 1.82) is 0 Å². The van der Waals surface area contributed by atoms with Gasteiger partial charge in [-0.2, -0.15) is 0 Å². The zero-order valence-electron chi connectivity index (χ0n) is 51.4. The lowest BCUT2D eigenvalue weighted by atomic mass is 10.0. The summed E-state index contributed by atoms with van der Waals surface area (Å²) in [5, 5.41) is 16.7. The Bertz CT molecular complexity index is 3480. The first-order valence-corrected chi connectivity index (χ1v) is 32.3. The van der Waals surface area contributed by atoms with E-state index in [0.717, 1.165) is 32.9 Å². The minimum Gasteiger partial charge on any atom is -0.496 e. The van der Waals surface area contributed by atoms with Gasteiger partial charge in [0, 0.05) is 60.4 Å². The number of nitrogens with one attached hydrogen (secondary N) is 9. The van der Waals surface area contributed by atoms with Gasteiger partial charge in [-0.05, 0) is 181 Å². The molecule has 0 bridgehead atoms. The number of aromatic amines is 2. The van der Waals surface area contributed by atoms with Crippen LogP contribution >= 0.6 is 0 Å². The maximum absolute atomic E-state index is 13.7. The zero-order chi connectivity index (χ0) is 64.3. The largest absolute Gasteiger partial charge is 0.496 e. The molecule has 17 N–H and O–H groups in total. The number of sulfonamides is 2. The normalized spacial score (nSPS) is 13.6. The van der Waals surface area contributed by atoms with Gasteiger partial charge in [-0.25, -0.2) is 26.3 Å². The lowest BCUT2D eigenvalue weighted by molar-refractivity contribution is -0.129. The van der Waals surface area contributed by atoms with Crippen LogP contribution in [0.5, 0.6) is 11.5 Å². The van der Waals surface area contributed by atoms with Crippen molar-refractivity contribution in [1.82, 2.24) is 46.0 Å². The molecule has 4 aromatic carbocycles. The van der Waals surface area contributed by atoms with Crippen LogP contribution in [0.25, 0.3) is 21.8 Å². The summed E-state index contributed by atoms with van der Waals surface area (Å²) >= 11 is 0. The Morgan fingerprint density at radius 2 is 0.920 bits per heavy atom. The third-order valence-electron chi connectivity index (χ3n) is 15.4. The highest BCUT2D eigenvalue weighted by Gasteiger charge is 2.28. The predicted octanol–water partition coefficient (Wildman–Crippen LogP) is 3.07. The molecule has 478 valence electrons. The molecular weight excluding hydrogens is 1170 g/mol. The van der Waals surface area contributed by atoms with Crippen LogP contribution in [0.3, 0.4) is 0 Å². The number of amides is 4. The number of aliphatic imine (C=N–C) groups is 2. The number of ether oxygens (including phenoxy) is 2. The molecule has 0 fully saturated rings. The van der Waals surface area contributed by atoms with E-state index in [1.165, 1.54) is 14.2 Å². The highest BCUT2D eigenvalue weighted by atomic mass is 32.2. The molecule has 4 atom stereocenters. The number of unbranched alkanes of at least 4 members (excludes halogenated alkanes) is 1. The molecule has 6 rings (SSSR count). The van der Waals surface area contributed by atoms with Gasteiger partial charge in [0.15, 0.2) is 0 Å².